The maximum absolute atomic E-state index is 13.3. The lowest BCUT2D eigenvalue weighted by molar-refractivity contribution is -0.124. The number of aryl methyl sites for hydroxylation is 2. The normalized spacial score (nSPS) is 12.7. The van der Waals surface area contributed by atoms with Gasteiger partial charge in [0.2, 0.25) is 5.91 Å². The third-order valence-electron chi connectivity index (χ3n) is 5.26. The van der Waals surface area contributed by atoms with Crippen molar-refractivity contribution >= 4 is 28.5 Å². The van der Waals surface area contributed by atoms with Crippen LogP contribution in [0.5, 0.6) is 0 Å². The van der Waals surface area contributed by atoms with E-state index in [2.05, 4.69) is 51.1 Å². The molecule has 3 rings (SSSR count). The summed E-state index contributed by atoms with van der Waals surface area (Å²) < 4.78 is 2.04. The summed E-state index contributed by atoms with van der Waals surface area (Å²) in [4.78, 5) is 22.7. The first-order valence-corrected chi connectivity index (χ1v) is 10.9. The van der Waals surface area contributed by atoms with Crippen LogP contribution in [0.25, 0.3) is 11.0 Å². The summed E-state index contributed by atoms with van der Waals surface area (Å²) in [5.41, 5.74) is 4.01. The summed E-state index contributed by atoms with van der Waals surface area (Å²) in [6.45, 7) is 13.0. The average molecular weight is 427 g/mol. The highest BCUT2D eigenvalue weighted by molar-refractivity contribution is 6.30. The van der Waals surface area contributed by atoms with Crippen LogP contribution in [0.4, 0.5) is 0 Å². The number of amides is 1. The molecular formula is C24H31ClN4O. The fraction of sp³-hybridized carbons (Fsp3) is 0.458. The number of rotatable bonds is 7. The number of benzene rings is 1. The standard InChI is InChI=1S/C24H31ClN4O/c1-14(2)11-20(24(30)26-12-18-7-9-19(25)10-8-18)29-13-16(5)21-22(15(3)4)27-17(6)28-23(21)29/h7-10,13-15,20H,11-12H2,1-6H3,(H,26,30). The van der Waals surface area contributed by atoms with Crippen LogP contribution in [0.15, 0.2) is 30.5 Å². The number of hydrogen-bond acceptors (Lipinski definition) is 3. The van der Waals surface area contributed by atoms with Gasteiger partial charge in [0, 0.05) is 23.2 Å². The Hall–Kier alpha value is -2.40. The molecule has 160 valence electrons. The highest BCUT2D eigenvalue weighted by Gasteiger charge is 2.26. The molecule has 5 nitrogen and oxygen atoms in total. The van der Waals surface area contributed by atoms with Crippen LogP contribution < -0.4 is 5.32 Å². The van der Waals surface area contributed by atoms with Crippen LogP contribution in [0.3, 0.4) is 0 Å². The average Bonchev–Trinajstić information content (AvgIpc) is 3.00. The Morgan fingerprint density at radius 2 is 1.77 bits per heavy atom. The highest BCUT2D eigenvalue weighted by atomic mass is 35.5. The van der Waals surface area contributed by atoms with Crippen LogP contribution in [0.2, 0.25) is 5.02 Å². The molecule has 1 N–H and O–H groups in total. The minimum atomic E-state index is -0.331. The molecule has 0 radical (unpaired) electrons. The molecule has 30 heavy (non-hydrogen) atoms. The summed E-state index contributed by atoms with van der Waals surface area (Å²) in [5, 5.41) is 4.85. The predicted octanol–water partition coefficient (Wildman–Crippen LogP) is 5.73. The summed E-state index contributed by atoms with van der Waals surface area (Å²) in [6, 6.07) is 7.21. The number of carbonyl (C=O) groups excluding carboxylic acids is 1. The van der Waals surface area contributed by atoms with E-state index in [1.165, 1.54) is 0 Å². The minimum Gasteiger partial charge on any atom is -0.350 e. The Morgan fingerprint density at radius 3 is 2.37 bits per heavy atom. The molecular weight excluding hydrogens is 396 g/mol. The van der Waals surface area contributed by atoms with Crippen molar-refractivity contribution in [3.05, 3.63) is 58.1 Å². The van der Waals surface area contributed by atoms with E-state index in [1.54, 1.807) is 0 Å². The van der Waals surface area contributed by atoms with Gasteiger partial charge in [0.1, 0.15) is 17.5 Å². The van der Waals surface area contributed by atoms with Gasteiger partial charge in [-0.25, -0.2) is 9.97 Å². The van der Waals surface area contributed by atoms with Crippen molar-refractivity contribution in [2.24, 2.45) is 5.92 Å². The molecule has 0 spiro atoms. The van der Waals surface area contributed by atoms with Gasteiger partial charge in [0.15, 0.2) is 0 Å². The van der Waals surface area contributed by atoms with E-state index in [0.717, 1.165) is 40.1 Å². The Kier molecular flexibility index (Phi) is 6.81. The smallest absolute Gasteiger partial charge is 0.243 e. The molecule has 6 heteroatoms. The molecule has 1 amide bonds. The summed E-state index contributed by atoms with van der Waals surface area (Å²) in [5.74, 6) is 1.38. The first kappa shape index (κ1) is 22.3. The zero-order chi connectivity index (χ0) is 22.0. The van der Waals surface area contributed by atoms with Crippen LogP contribution in [-0.4, -0.2) is 20.4 Å². The van der Waals surface area contributed by atoms with Gasteiger partial charge in [-0.15, -0.1) is 0 Å². The van der Waals surface area contributed by atoms with E-state index < -0.39 is 0 Å². The van der Waals surface area contributed by atoms with Crippen molar-refractivity contribution in [1.29, 1.82) is 0 Å². The van der Waals surface area contributed by atoms with Gasteiger partial charge in [-0.2, -0.15) is 0 Å². The van der Waals surface area contributed by atoms with Crippen molar-refractivity contribution < 1.29 is 4.79 Å². The number of aromatic nitrogens is 3. The maximum Gasteiger partial charge on any atom is 0.243 e. The molecule has 0 saturated heterocycles. The lowest BCUT2D eigenvalue weighted by Gasteiger charge is -2.21. The zero-order valence-electron chi connectivity index (χ0n) is 18.7. The third kappa shape index (κ3) is 4.84. The lowest BCUT2D eigenvalue weighted by Crippen LogP contribution is -2.33. The number of carbonyl (C=O) groups is 1. The van der Waals surface area contributed by atoms with Gasteiger partial charge in [-0.1, -0.05) is 51.4 Å². The van der Waals surface area contributed by atoms with Crippen molar-refractivity contribution in [3.63, 3.8) is 0 Å². The zero-order valence-corrected chi connectivity index (χ0v) is 19.4. The van der Waals surface area contributed by atoms with E-state index in [1.807, 2.05) is 35.8 Å². The Morgan fingerprint density at radius 1 is 1.10 bits per heavy atom. The first-order chi connectivity index (χ1) is 14.2. The number of nitrogens with one attached hydrogen (secondary N) is 1. The summed E-state index contributed by atoms with van der Waals surface area (Å²) in [7, 11) is 0. The van der Waals surface area contributed by atoms with Crippen molar-refractivity contribution in [2.45, 2.75) is 66.5 Å². The van der Waals surface area contributed by atoms with Gasteiger partial charge < -0.3 is 9.88 Å². The van der Waals surface area contributed by atoms with E-state index in [9.17, 15) is 4.79 Å². The molecule has 0 bridgehead atoms. The molecule has 1 atom stereocenters. The molecule has 2 aromatic heterocycles. The maximum atomic E-state index is 13.3. The Balaban J connectivity index is 1.98. The predicted molar refractivity (Wildman–Crippen MR) is 123 cm³/mol. The molecule has 0 saturated carbocycles. The summed E-state index contributed by atoms with van der Waals surface area (Å²) in [6.07, 6.45) is 2.79. The monoisotopic (exact) mass is 426 g/mol. The molecule has 3 aromatic rings. The topological polar surface area (TPSA) is 59.8 Å². The fourth-order valence-electron chi connectivity index (χ4n) is 3.84. The van der Waals surface area contributed by atoms with Gasteiger partial charge in [0.25, 0.3) is 0 Å². The Labute approximate surface area is 183 Å². The Bertz CT molecular complexity index is 1040. The molecule has 0 aliphatic carbocycles. The van der Waals surface area contributed by atoms with Crippen molar-refractivity contribution in [2.75, 3.05) is 0 Å². The van der Waals surface area contributed by atoms with Gasteiger partial charge >= 0.3 is 0 Å². The summed E-state index contributed by atoms with van der Waals surface area (Å²) >= 11 is 5.96. The minimum absolute atomic E-state index is 0.00193. The number of nitrogens with zero attached hydrogens (tertiary/aromatic N) is 3. The van der Waals surface area contributed by atoms with Crippen molar-refractivity contribution in [3.8, 4) is 0 Å². The number of fused-ring (bicyclic) bond motifs is 1. The van der Waals surface area contributed by atoms with E-state index >= 15 is 0 Å². The number of hydrogen-bond donors (Lipinski definition) is 1. The molecule has 1 aromatic carbocycles. The van der Waals surface area contributed by atoms with E-state index in [-0.39, 0.29) is 17.9 Å². The second-order valence-electron chi connectivity index (χ2n) is 8.72. The largest absolute Gasteiger partial charge is 0.350 e. The van der Waals surface area contributed by atoms with Crippen LogP contribution in [0.1, 0.15) is 68.7 Å². The third-order valence-corrected chi connectivity index (χ3v) is 5.51. The van der Waals surface area contributed by atoms with Crippen LogP contribution >= 0.6 is 11.6 Å². The molecule has 0 aliphatic rings. The lowest BCUT2D eigenvalue weighted by atomic mass is 10.0. The van der Waals surface area contributed by atoms with Gasteiger partial charge in [0.05, 0.1) is 5.69 Å². The van der Waals surface area contributed by atoms with Crippen LogP contribution in [0, 0.1) is 19.8 Å². The fourth-order valence-corrected chi connectivity index (χ4v) is 3.96. The molecule has 0 fully saturated rings. The van der Waals surface area contributed by atoms with Crippen molar-refractivity contribution in [1.82, 2.24) is 19.9 Å². The second-order valence-corrected chi connectivity index (χ2v) is 9.15. The van der Waals surface area contributed by atoms with Gasteiger partial charge in [-0.3, -0.25) is 4.79 Å². The van der Waals surface area contributed by atoms with Gasteiger partial charge in [-0.05, 0) is 55.4 Å². The second kappa shape index (κ2) is 9.17. The quantitative estimate of drug-likeness (QED) is 0.524. The van der Waals surface area contributed by atoms with E-state index in [0.29, 0.717) is 17.5 Å². The molecule has 2 heterocycles. The first-order valence-electron chi connectivity index (χ1n) is 10.5. The SMILES string of the molecule is Cc1nc(C(C)C)c2c(C)cn(C(CC(C)C)C(=O)NCc3ccc(Cl)cc3)c2n1. The molecule has 0 aliphatic heterocycles. The molecule has 1 unspecified atom stereocenters. The number of halogens is 1. The highest BCUT2D eigenvalue weighted by Crippen LogP contribution is 2.31. The van der Waals surface area contributed by atoms with Crippen LogP contribution in [-0.2, 0) is 11.3 Å². The van der Waals surface area contributed by atoms with E-state index in [4.69, 9.17) is 16.6 Å².